The van der Waals surface area contributed by atoms with Crippen LogP contribution in [-0.4, -0.2) is 53.9 Å². The summed E-state index contributed by atoms with van der Waals surface area (Å²) in [4.78, 5) is 5.73. The molecule has 34 heavy (non-hydrogen) atoms. The molecule has 0 amide bonds. The topological polar surface area (TPSA) is 57.7 Å². The average Bonchev–Trinajstić information content (AvgIpc) is 3.24. The van der Waals surface area contributed by atoms with E-state index in [0.29, 0.717) is 25.1 Å². The van der Waals surface area contributed by atoms with Gasteiger partial charge in [-0.15, -0.1) is 0 Å². The van der Waals surface area contributed by atoms with Crippen LogP contribution in [0.5, 0.6) is 11.5 Å². The van der Waals surface area contributed by atoms with Crippen LogP contribution in [0.15, 0.2) is 60.7 Å². The number of aromatic nitrogens is 1. The van der Waals surface area contributed by atoms with Crippen molar-refractivity contribution in [3.8, 4) is 11.5 Å². The van der Waals surface area contributed by atoms with Crippen molar-refractivity contribution in [3.05, 3.63) is 71.9 Å². The van der Waals surface area contributed by atoms with E-state index in [-0.39, 0.29) is 0 Å². The van der Waals surface area contributed by atoms with Crippen LogP contribution < -0.4 is 9.47 Å². The number of hydrogen-bond acceptors (Lipinski definition) is 4. The standard InChI is InChI=1S/C29H34N2O3/c1-19-13-27-28(30-19)5-4-6-29(27)34-18-25(32)17-31-12-11-24(14-20(31)2)21-7-8-23-16-26(33-3)10-9-22(23)15-21/h4-10,13,15-16,20,24-25,30,32H,11-12,14,17-18H2,1-3H3/t20-,24-,25-/m0/s1. The molecule has 5 rings (SSSR count). The molecule has 0 bridgehead atoms. The minimum atomic E-state index is -0.523. The number of rotatable bonds is 7. The molecule has 3 aromatic carbocycles. The highest BCUT2D eigenvalue weighted by atomic mass is 16.5. The molecule has 2 heterocycles. The molecule has 1 aromatic heterocycles. The van der Waals surface area contributed by atoms with Gasteiger partial charge in [0.05, 0.1) is 7.11 Å². The zero-order valence-corrected chi connectivity index (χ0v) is 20.3. The fraction of sp³-hybridized carbons (Fsp3) is 0.379. The molecule has 0 saturated carbocycles. The molecular formula is C29H34N2O3. The van der Waals surface area contributed by atoms with Gasteiger partial charge in [0.1, 0.15) is 24.2 Å². The third-order valence-corrected chi connectivity index (χ3v) is 7.19. The maximum atomic E-state index is 10.7. The summed E-state index contributed by atoms with van der Waals surface area (Å²) in [5.41, 5.74) is 3.57. The number of H-pyrrole nitrogens is 1. The van der Waals surface area contributed by atoms with Gasteiger partial charge in [0.2, 0.25) is 0 Å². The number of ether oxygens (including phenoxy) is 2. The van der Waals surface area contributed by atoms with Crippen molar-refractivity contribution in [1.29, 1.82) is 0 Å². The number of aromatic amines is 1. The van der Waals surface area contributed by atoms with Crippen molar-refractivity contribution in [3.63, 3.8) is 0 Å². The van der Waals surface area contributed by atoms with Gasteiger partial charge >= 0.3 is 0 Å². The molecule has 3 atom stereocenters. The molecule has 1 aliphatic heterocycles. The molecule has 5 heteroatoms. The van der Waals surface area contributed by atoms with E-state index >= 15 is 0 Å². The summed E-state index contributed by atoms with van der Waals surface area (Å²) in [7, 11) is 1.71. The Hall–Kier alpha value is -3.02. The van der Waals surface area contributed by atoms with Crippen LogP contribution in [0.1, 0.15) is 36.9 Å². The summed E-state index contributed by atoms with van der Waals surface area (Å²) in [5.74, 6) is 2.26. The van der Waals surface area contributed by atoms with Crippen LogP contribution in [0.4, 0.5) is 0 Å². The second-order valence-electron chi connectivity index (χ2n) is 9.67. The fourth-order valence-corrected chi connectivity index (χ4v) is 5.32. The zero-order valence-electron chi connectivity index (χ0n) is 20.3. The number of nitrogens with zero attached hydrogens (tertiary/aromatic N) is 1. The van der Waals surface area contributed by atoms with Crippen molar-refractivity contribution in [2.75, 3.05) is 26.8 Å². The van der Waals surface area contributed by atoms with Gasteiger partial charge in [-0.1, -0.05) is 30.3 Å². The van der Waals surface area contributed by atoms with Crippen molar-refractivity contribution >= 4 is 21.7 Å². The number of methoxy groups -OCH3 is 1. The lowest BCUT2D eigenvalue weighted by Gasteiger charge is -2.39. The number of benzene rings is 3. The number of fused-ring (bicyclic) bond motifs is 2. The minimum Gasteiger partial charge on any atom is -0.497 e. The Morgan fingerprint density at radius 2 is 1.91 bits per heavy atom. The molecule has 0 radical (unpaired) electrons. The quantitative estimate of drug-likeness (QED) is 0.376. The van der Waals surface area contributed by atoms with Crippen LogP contribution in [-0.2, 0) is 0 Å². The number of nitrogens with one attached hydrogen (secondary N) is 1. The van der Waals surface area contributed by atoms with E-state index in [0.717, 1.165) is 47.5 Å². The van der Waals surface area contributed by atoms with Crippen LogP contribution in [0.3, 0.4) is 0 Å². The van der Waals surface area contributed by atoms with Crippen molar-refractivity contribution < 1.29 is 14.6 Å². The fourth-order valence-electron chi connectivity index (χ4n) is 5.32. The Morgan fingerprint density at radius 1 is 1.09 bits per heavy atom. The maximum Gasteiger partial charge on any atom is 0.128 e. The minimum absolute atomic E-state index is 0.296. The maximum absolute atomic E-state index is 10.7. The zero-order chi connectivity index (χ0) is 23.7. The SMILES string of the molecule is COc1ccc2cc([C@H]3CCN(C[C@H](O)COc4cccc5[nH]c(C)cc45)[C@@H](C)C3)ccc2c1. The van der Waals surface area contributed by atoms with E-state index < -0.39 is 6.10 Å². The van der Waals surface area contributed by atoms with Crippen molar-refractivity contribution in [1.82, 2.24) is 9.88 Å². The summed E-state index contributed by atoms with van der Waals surface area (Å²) in [6.07, 6.45) is 1.67. The van der Waals surface area contributed by atoms with Crippen LogP contribution >= 0.6 is 0 Å². The Morgan fingerprint density at radius 3 is 2.74 bits per heavy atom. The van der Waals surface area contributed by atoms with E-state index in [2.05, 4.69) is 53.2 Å². The van der Waals surface area contributed by atoms with Gasteiger partial charge in [-0.3, -0.25) is 4.90 Å². The van der Waals surface area contributed by atoms with Gasteiger partial charge in [-0.05, 0) is 85.8 Å². The Bertz CT molecular complexity index is 1280. The highest BCUT2D eigenvalue weighted by Crippen LogP contribution is 2.34. The number of likely N-dealkylation sites (tertiary alicyclic amines) is 1. The number of hydrogen-bond donors (Lipinski definition) is 2. The summed E-state index contributed by atoms with van der Waals surface area (Å²) < 4.78 is 11.4. The van der Waals surface area contributed by atoms with Gasteiger partial charge in [-0.25, -0.2) is 0 Å². The number of aliphatic hydroxyl groups is 1. The second kappa shape index (κ2) is 9.69. The summed E-state index contributed by atoms with van der Waals surface area (Å²) in [6.45, 7) is 6.22. The smallest absolute Gasteiger partial charge is 0.128 e. The molecule has 2 N–H and O–H groups in total. The molecule has 1 aliphatic rings. The van der Waals surface area contributed by atoms with Gasteiger partial charge in [0, 0.05) is 29.2 Å². The Kier molecular flexibility index (Phi) is 6.48. The average molecular weight is 459 g/mol. The normalized spacial score (nSPS) is 20.0. The number of piperidine rings is 1. The largest absolute Gasteiger partial charge is 0.497 e. The molecular weight excluding hydrogens is 424 g/mol. The first kappa shape index (κ1) is 22.8. The van der Waals surface area contributed by atoms with E-state index in [4.69, 9.17) is 9.47 Å². The van der Waals surface area contributed by atoms with E-state index in [1.54, 1.807) is 7.11 Å². The Balaban J connectivity index is 1.17. The highest BCUT2D eigenvalue weighted by molar-refractivity contribution is 5.86. The molecule has 1 saturated heterocycles. The third-order valence-electron chi connectivity index (χ3n) is 7.19. The van der Waals surface area contributed by atoms with Crippen molar-refractivity contribution in [2.24, 2.45) is 0 Å². The van der Waals surface area contributed by atoms with Crippen molar-refractivity contribution in [2.45, 2.75) is 44.8 Å². The summed E-state index contributed by atoms with van der Waals surface area (Å²) in [6, 6.07) is 21.6. The third kappa shape index (κ3) is 4.77. The van der Waals surface area contributed by atoms with Gasteiger partial charge in [0.15, 0.2) is 0 Å². The van der Waals surface area contributed by atoms with E-state index in [1.807, 2.05) is 31.2 Å². The molecule has 5 nitrogen and oxygen atoms in total. The summed E-state index contributed by atoms with van der Waals surface area (Å²) in [5, 5.41) is 14.3. The molecule has 0 spiro atoms. The predicted octanol–water partition coefficient (Wildman–Crippen LogP) is 5.65. The molecule has 1 fully saturated rings. The lowest BCUT2D eigenvalue weighted by Crippen LogP contribution is -2.45. The van der Waals surface area contributed by atoms with Crippen LogP contribution in [0.25, 0.3) is 21.7 Å². The van der Waals surface area contributed by atoms with E-state index in [1.165, 1.54) is 16.3 Å². The first-order valence-electron chi connectivity index (χ1n) is 12.2. The second-order valence-corrected chi connectivity index (χ2v) is 9.67. The number of aryl methyl sites for hydroxylation is 1. The first-order valence-corrected chi connectivity index (χ1v) is 12.2. The molecule has 0 aliphatic carbocycles. The van der Waals surface area contributed by atoms with Gasteiger partial charge < -0.3 is 19.6 Å². The Labute approximate surface area is 201 Å². The highest BCUT2D eigenvalue weighted by Gasteiger charge is 2.28. The monoisotopic (exact) mass is 458 g/mol. The van der Waals surface area contributed by atoms with Crippen LogP contribution in [0, 0.1) is 6.92 Å². The predicted molar refractivity (Wildman–Crippen MR) is 138 cm³/mol. The van der Waals surface area contributed by atoms with Gasteiger partial charge in [0.25, 0.3) is 0 Å². The molecule has 0 unspecified atom stereocenters. The summed E-state index contributed by atoms with van der Waals surface area (Å²) >= 11 is 0. The van der Waals surface area contributed by atoms with Crippen LogP contribution in [0.2, 0.25) is 0 Å². The number of aliphatic hydroxyl groups excluding tert-OH is 1. The molecule has 178 valence electrons. The molecule has 4 aromatic rings. The lowest BCUT2D eigenvalue weighted by atomic mass is 9.85. The van der Waals surface area contributed by atoms with E-state index in [9.17, 15) is 5.11 Å². The number of β-amino-alcohol motifs (C(OH)–C–C–N with tert-alkyl or cyclic N) is 1. The first-order chi connectivity index (χ1) is 16.5. The van der Waals surface area contributed by atoms with Gasteiger partial charge in [-0.2, -0.15) is 0 Å². The lowest BCUT2D eigenvalue weighted by molar-refractivity contribution is 0.0406.